The van der Waals surface area contributed by atoms with Crippen LogP contribution in [0.2, 0.25) is 0 Å². The summed E-state index contributed by atoms with van der Waals surface area (Å²) in [6.07, 6.45) is 2.26. The van der Waals surface area contributed by atoms with E-state index in [9.17, 15) is 0 Å². The lowest BCUT2D eigenvalue weighted by molar-refractivity contribution is 0.787. The van der Waals surface area contributed by atoms with E-state index in [0.717, 1.165) is 28.2 Å². The summed E-state index contributed by atoms with van der Waals surface area (Å²) in [5.74, 6) is 0.597. The fourth-order valence-corrected chi connectivity index (χ4v) is 3.27. The van der Waals surface area contributed by atoms with Gasteiger partial charge in [0.15, 0.2) is 5.16 Å². The number of anilines is 1. The summed E-state index contributed by atoms with van der Waals surface area (Å²) in [5.41, 5.74) is 5.90. The van der Waals surface area contributed by atoms with Gasteiger partial charge in [0.2, 0.25) is 0 Å². The zero-order chi connectivity index (χ0) is 11.5. The molecule has 2 aromatic rings. The number of fused-ring (bicyclic) bond motifs is 1. The quantitative estimate of drug-likeness (QED) is 0.668. The second-order valence-corrected chi connectivity index (χ2v) is 5.75. The number of nitrogens with zero attached hydrogens (tertiary/aromatic N) is 2. The van der Waals surface area contributed by atoms with Crippen LogP contribution >= 0.6 is 23.1 Å². The van der Waals surface area contributed by atoms with Crippen molar-refractivity contribution in [3.05, 3.63) is 11.4 Å². The lowest BCUT2D eigenvalue weighted by Crippen LogP contribution is -2.01. The number of hydrogen-bond acceptors (Lipinski definition) is 5. The minimum absolute atomic E-state index is 0.580. The number of hydrogen-bond donors (Lipinski definition) is 1. The highest BCUT2D eigenvalue weighted by molar-refractivity contribution is 7.99. The Labute approximate surface area is 103 Å². The van der Waals surface area contributed by atoms with Gasteiger partial charge in [-0.15, -0.1) is 11.3 Å². The number of nitrogens with two attached hydrogens (primary N) is 1. The highest BCUT2D eigenvalue weighted by Crippen LogP contribution is 2.29. The van der Waals surface area contributed by atoms with Crippen molar-refractivity contribution in [2.45, 2.75) is 37.1 Å². The van der Waals surface area contributed by atoms with Crippen molar-refractivity contribution < 1.29 is 0 Å². The molecule has 2 rings (SSSR count). The minimum atomic E-state index is 0.580. The maximum Gasteiger partial charge on any atom is 0.191 e. The molecule has 2 aromatic heterocycles. The topological polar surface area (TPSA) is 51.8 Å². The second-order valence-electron chi connectivity index (χ2n) is 3.59. The van der Waals surface area contributed by atoms with Crippen molar-refractivity contribution in [2.75, 3.05) is 5.73 Å². The summed E-state index contributed by atoms with van der Waals surface area (Å²) in [5, 5.41) is 4.36. The first-order valence-electron chi connectivity index (χ1n) is 5.42. The van der Waals surface area contributed by atoms with E-state index in [1.807, 2.05) is 11.4 Å². The zero-order valence-electron chi connectivity index (χ0n) is 9.43. The van der Waals surface area contributed by atoms with Gasteiger partial charge in [-0.25, -0.2) is 9.97 Å². The van der Waals surface area contributed by atoms with Crippen molar-refractivity contribution in [3.63, 3.8) is 0 Å². The molecule has 0 bridgehead atoms. The molecule has 0 atom stereocenters. The molecule has 0 aliphatic rings. The lowest BCUT2D eigenvalue weighted by atomic mass is 10.3. The predicted octanol–water partition coefficient (Wildman–Crippen LogP) is 3.55. The van der Waals surface area contributed by atoms with E-state index in [-0.39, 0.29) is 0 Å². The van der Waals surface area contributed by atoms with E-state index in [1.54, 1.807) is 23.1 Å². The molecule has 0 aliphatic heterocycles. The summed E-state index contributed by atoms with van der Waals surface area (Å²) in [4.78, 5) is 9.85. The smallest absolute Gasteiger partial charge is 0.191 e. The van der Waals surface area contributed by atoms with Crippen LogP contribution in [0.15, 0.2) is 16.6 Å². The molecule has 0 amide bonds. The first kappa shape index (κ1) is 11.7. The molecular formula is C11H15N3S2. The average Bonchev–Trinajstić information content (AvgIpc) is 2.74. The molecule has 5 heteroatoms. The molecule has 2 N–H and O–H groups in total. The van der Waals surface area contributed by atoms with Crippen molar-refractivity contribution in [2.24, 2.45) is 0 Å². The van der Waals surface area contributed by atoms with Gasteiger partial charge < -0.3 is 5.73 Å². The van der Waals surface area contributed by atoms with Gasteiger partial charge in [-0.3, -0.25) is 0 Å². The van der Waals surface area contributed by atoms with Crippen LogP contribution in [0.1, 0.15) is 26.7 Å². The molecule has 0 aliphatic carbocycles. The SMILES string of the molecule is CCC(CC)Sc1nc(N)c2ccsc2n1. The van der Waals surface area contributed by atoms with E-state index in [4.69, 9.17) is 5.73 Å². The predicted molar refractivity (Wildman–Crippen MR) is 72.1 cm³/mol. The normalized spacial score (nSPS) is 11.4. The molecule has 0 saturated carbocycles. The van der Waals surface area contributed by atoms with Gasteiger partial charge >= 0.3 is 0 Å². The van der Waals surface area contributed by atoms with Gasteiger partial charge in [0.05, 0.1) is 5.39 Å². The summed E-state index contributed by atoms with van der Waals surface area (Å²) in [6.45, 7) is 4.38. The molecule has 2 heterocycles. The maximum atomic E-state index is 5.90. The Morgan fingerprint density at radius 1 is 1.38 bits per heavy atom. The van der Waals surface area contributed by atoms with Crippen molar-refractivity contribution in [1.82, 2.24) is 9.97 Å². The Bertz CT molecular complexity index is 477. The van der Waals surface area contributed by atoms with E-state index >= 15 is 0 Å². The van der Waals surface area contributed by atoms with Crippen LogP contribution in [0.5, 0.6) is 0 Å². The maximum absolute atomic E-state index is 5.90. The fourth-order valence-electron chi connectivity index (χ4n) is 1.52. The molecule has 0 fully saturated rings. The molecule has 0 unspecified atom stereocenters. The van der Waals surface area contributed by atoms with Crippen LogP contribution in [0.4, 0.5) is 5.82 Å². The van der Waals surface area contributed by atoms with Gasteiger partial charge in [0.1, 0.15) is 10.6 Å². The average molecular weight is 253 g/mol. The zero-order valence-corrected chi connectivity index (χ0v) is 11.1. The third kappa shape index (κ3) is 2.30. The van der Waals surface area contributed by atoms with Gasteiger partial charge in [0, 0.05) is 5.25 Å². The minimum Gasteiger partial charge on any atom is -0.383 e. The third-order valence-electron chi connectivity index (χ3n) is 2.52. The van der Waals surface area contributed by atoms with E-state index in [1.165, 1.54) is 0 Å². The first-order chi connectivity index (χ1) is 7.74. The number of rotatable bonds is 4. The van der Waals surface area contributed by atoms with Gasteiger partial charge in [0.25, 0.3) is 0 Å². The second kappa shape index (κ2) is 5.01. The number of thiophene rings is 1. The highest BCUT2D eigenvalue weighted by atomic mass is 32.2. The van der Waals surface area contributed by atoms with E-state index in [2.05, 4.69) is 23.8 Å². The van der Waals surface area contributed by atoms with Crippen LogP contribution in [-0.4, -0.2) is 15.2 Å². The summed E-state index contributed by atoms with van der Waals surface area (Å²) in [6, 6.07) is 1.97. The monoisotopic (exact) mass is 253 g/mol. The molecule has 0 saturated heterocycles. The molecule has 0 radical (unpaired) electrons. The number of thioether (sulfide) groups is 1. The first-order valence-corrected chi connectivity index (χ1v) is 7.17. The summed E-state index contributed by atoms with van der Waals surface area (Å²) < 4.78 is 0. The lowest BCUT2D eigenvalue weighted by Gasteiger charge is -2.10. The molecule has 0 aromatic carbocycles. The Hall–Kier alpha value is -0.810. The fraction of sp³-hybridized carbons (Fsp3) is 0.455. The largest absolute Gasteiger partial charge is 0.383 e. The van der Waals surface area contributed by atoms with Crippen LogP contribution < -0.4 is 5.73 Å². The van der Waals surface area contributed by atoms with Gasteiger partial charge in [-0.2, -0.15) is 0 Å². The van der Waals surface area contributed by atoms with Crippen molar-refractivity contribution in [3.8, 4) is 0 Å². The Kier molecular flexibility index (Phi) is 3.66. The summed E-state index contributed by atoms with van der Waals surface area (Å²) in [7, 11) is 0. The molecular weight excluding hydrogens is 238 g/mol. The van der Waals surface area contributed by atoms with Crippen LogP contribution in [-0.2, 0) is 0 Å². The number of nitrogen functional groups attached to an aromatic ring is 1. The van der Waals surface area contributed by atoms with Gasteiger partial charge in [-0.1, -0.05) is 25.6 Å². The Morgan fingerprint density at radius 2 is 2.12 bits per heavy atom. The van der Waals surface area contributed by atoms with Crippen LogP contribution in [0.25, 0.3) is 10.2 Å². The van der Waals surface area contributed by atoms with E-state index < -0.39 is 0 Å². The molecule has 16 heavy (non-hydrogen) atoms. The Morgan fingerprint density at radius 3 is 2.81 bits per heavy atom. The van der Waals surface area contributed by atoms with E-state index in [0.29, 0.717) is 11.1 Å². The highest BCUT2D eigenvalue weighted by Gasteiger charge is 2.11. The molecule has 86 valence electrons. The Balaban J connectivity index is 2.30. The van der Waals surface area contributed by atoms with Crippen LogP contribution in [0, 0.1) is 0 Å². The standard InChI is InChI=1S/C11H15N3S2/c1-3-7(4-2)16-11-13-9(12)8-5-6-15-10(8)14-11/h5-7H,3-4H2,1-2H3,(H2,12,13,14). The number of aromatic nitrogens is 2. The van der Waals surface area contributed by atoms with Crippen molar-refractivity contribution in [1.29, 1.82) is 0 Å². The molecule has 0 spiro atoms. The summed E-state index contributed by atoms with van der Waals surface area (Å²) >= 11 is 3.34. The third-order valence-corrected chi connectivity index (χ3v) is 4.72. The van der Waals surface area contributed by atoms with Crippen LogP contribution in [0.3, 0.4) is 0 Å². The van der Waals surface area contributed by atoms with Gasteiger partial charge in [-0.05, 0) is 24.3 Å². The molecule has 3 nitrogen and oxygen atoms in total. The van der Waals surface area contributed by atoms with Crippen molar-refractivity contribution >= 4 is 39.1 Å².